The minimum atomic E-state index is -1.74. The van der Waals surface area contributed by atoms with E-state index in [1.54, 1.807) is 0 Å². The van der Waals surface area contributed by atoms with Crippen LogP contribution < -0.4 is 4.74 Å². The van der Waals surface area contributed by atoms with Crippen LogP contribution in [0.15, 0.2) is 23.3 Å². The molecule has 2 aliphatic carbocycles. The van der Waals surface area contributed by atoms with E-state index in [0.29, 0.717) is 0 Å². The lowest BCUT2D eigenvalue weighted by molar-refractivity contribution is -0.0758. The summed E-state index contributed by atoms with van der Waals surface area (Å²) < 4.78 is 4.97. The molecule has 23 heavy (non-hydrogen) atoms. The molecule has 0 radical (unpaired) electrons. The summed E-state index contributed by atoms with van der Waals surface area (Å²) in [6, 6.07) is 2.47. The molecule has 1 aromatic carbocycles. The summed E-state index contributed by atoms with van der Waals surface area (Å²) in [5, 5.41) is 40.6. The van der Waals surface area contributed by atoms with Crippen molar-refractivity contribution in [1.29, 1.82) is 0 Å². The molecule has 4 N–H and O–H groups in total. The van der Waals surface area contributed by atoms with Gasteiger partial charge >= 0.3 is 0 Å². The van der Waals surface area contributed by atoms with Gasteiger partial charge in [0.05, 0.1) is 24.4 Å². The molecule has 3 atom stereocenters. The lowest BCUT2D eigenvalue weighted by atomic mass is 9.69. The molecule has 0 aliphatic heterocycles. The zero-order valence-electron chi connectivity index (χ0n) is 12.5. The Morgan fingerprint density at radius 1 is 1.17 bits per heavy atom. The Morgan fingerprint density at radius 3 is 2.43 bits per heavy atom. The predicted octanol–water partition coefficient (Wildman–Crippen LogP) is -0.0471. The number of hydrogen-bond acceptors (Lipinski definition) is 7. The van der Waals surface area contributed by atoms with E-state index in [4.69, 9.17) is 4.74 Å². The first-order valence-electron chi connectivity index (χ1n) is 7.02. The summed E-state index contributed by atoms with van der Waals surface area (Å²) in [7, 11) is 1.34. The van der Waals surface area contributed by atoms with Crippen LogP contribution in [-0.4, -0.2) is 56.9 Å². The number of carbonyl (C=O) groups excluding carboxylic acids is 2. The Kier molecular flexibility index (Phi) is 3.33. The van der Waals surface area contributed by atoms with E-state index in [-0.39, 0.29) is 34.4 Å². The number of carbonyl (C=O) groups is 2. The Balaban J connectivity index is 2.27. The third-order valence-electron chi connectivity index (χ3n) is 4.38. The van der Waals surface area contributed by atoms with Crippen LogP contribution >= 0.6 is 0 Å². The van der Waals surface area contributed by atoms with Crippen molar-refractivity contribution in [1.82, 2.24) is 0 Å². The highest BCUT2D eigenvalue weighted by Crippen LogP contribution is 2.43. The fourth-order valence-electron chi connectivity index (χ4n) is 3.18. The van der Waals surface area contributed by atoms with E-state index in [1.807, 2.05) is 0 Å². The number of aliphatic hydroxyl groups is 3. The summed E-state index contributed by atoms with van der Waals surface area (Å²) in [6.07, 6.45) is -3.31. The largest absolute Gasteiger partial charge is 0.507 e. The van der Waals surface area contributed by atoms with Crippen LogP contribution in [0.25, 0.3) is 0 Å². The highest BCUT2D eigenvalue weighted by molar-refractivity contribution is 6.29. The number of Topliss-reactive ketones (excluding diaryl/α,β-unsaturated/α-hetero) is 2. The van der Waals surface area contributed by atoms with Gasteiger partial charge in [0.1, 0.15) is 17.6 Å². The van der Waals surface area contributed by atoms with Gasteiger partial charge in [-0.3, -0.25) is 9.59 Å². The Hall–Kier alpha value is -2.22. The molecule has 0 saturated carbocycles. The number of phenols is 1. The van der Waals surface area contributed by atoms with Crippen LogP contribution in [0.1, 0.15) is 34.1 Å². The van der Waals surface area contributed by atoms with E-state index >= 15 is 0 Å². The van der Waals surface area contributed by atoms with Crippen molar-refractivity contribution in [3.63, 3.8) is 0 Å². The van der Waals surface area contributed by atoms with E-state index in [9.17, 15) is 30.0 Å². The number of aromatic hydroxyl groups is 1. The first kappa shape index (κ1) is 15.7. The smallest absolute Gasteiger partial charge is 0.196 e. The number of methoxy groups -OCH3 is 1. The highest BCUT2D eigenvalue weighted by atomic mass is 16.5. The molecule has 122 valence electrons. The zero-order valence-corrected chi connectivity index (χ0v) is 12.5. The number of aliphatic hydroxyl groups excluding tert-OH is 2. The van der Waals surface area contributed by atoms with Crippen molar-refractivity contribution < 1.29 is 34.8 Å². The van der Waals surface area contributed by atoms with E-state index in [2.05, 4.69) is 0 Å². The van der Waals surface area contributed by atoms with Gasteiger partial charge in [0.25, 0.3) is 0 Å². The van der Waals surface area contributed by atoms with Crippen LogP contribution in [0.3, 0.4) is 0 Å². The number of fused-ring (bicyclic) bond motifs is 1. The van der Waals surface area contributed by atoms with Gasteiger partial charge in [-0.15, -0.1) is 0 Å². The first-order valence-corrected chi connectivity index (χ1v) is 7.02. The number of hydrogen-bond donors (Lipinski definition) is 4. The Bertz CT molecular complexity index is 760. The van der Waals surface area contributed by atoms with Gasteiger partial charge in [-0.1, -0.05) is 0 Å². The minimum absolute atomic E-state index is 0.130. The van der Waals surface area contributed by atoms with Gasteiger partial charge in [-0.05, 0) is 13.0 Å². The van der Waals surface area contributed by atoms with Crippen molar-refractivity contribution in [2.24, 2.45) is 0 Å². The molecule has 0 heterocycles. The summed E-state index contributed by atoms with van der Waals surface area (Å²) >= 11 is 0. The lowest BCUT2D eigenvalue weighted by Crippen LogP contribution is -2.52. The number of ether oxygens (including phenoxy) is 1. The van der Waals surface area contributed by atoms with Crippen molar-refractivity contribution in [2.75, 3.05) is 7.11 Å². The number of rotatable bonds is 1. The topological polar surface area (TPSA) is 124 Å². The number of benzene rings is 1. The van der Waals surface area contributed by atoms with Crippen LogP contribution in [0.2, 0.25) is 0 Å². The maximum absolute atomic E-state index is 12.7. The van der Waals surface area contributed by atoms with Crippen LogP contribution in [0, 0.1) is 0 Å². The average Bonchev–Trinajstić information content (AvgIpc) is 2.47. The molecule has 0 saturated heterocycles. The maximum atomic E-state index is 12.7. The predicted molar refractivity (Wildman–Crippen MR) is 77.6 cm³/mol. The number of phenolic OH excluding ortho intramolecular Hbond substituents is 1. The van der Waals surface area contributed by atoms with Gasteiger partial charge < -0.3 is 25.2 Å². The normalized spacial score (nSPS) is 30.1. The summed E-state index contributed by atoms with van der Waals surface area (Å²) in [5.41, 5.74) is -2.72. The molecule has 0 spiro atoms. The van der Waals surface area contributed by atoms with Crippen molar-refractivity contribution in [2.45, 2.75) is 31.2 Å². The lowest BCUT2D eigenvalue weighted by Gasteiger charge is -2.40. The maximum Gasteiger partial charge on any atom is 0.196 e. The van der Waals surface area contributed by atoms with E-state index < -0.39 is 35.1 Å². The average molecular weight is 320 g/mol. The summed E-state index contributed by atoms with van der Waals surface area (Å²) in [4.78, 5) is 25.3. The van der Waals surface area contributed by atoms with Crippen LogP contribution in [-0.2, 0) is 0 Å². The summed E-state index contributed by atoms with van der Waals surface area (Å²) in [5.74, 6) is -1.74. The van der Waals surface area contributed by atoms with Crippen molar-refractivity contribution in [3.8, 4) is 11.5 Å². The van der Waals surface area contributed by atoms with Crippen molar-refractivity contribution >= 4 is 11.6 Å². The van der Waals surface area contributed by atoms with Gasteiger partial charge in [-0.2, -0.15) is 0 Å². The van der Waals surface area contributed by atoms with Gasteiger partial charge in [0, 0.05) is 29.2 Å². The second kappa shape index (κ2) is 4.89. The molecule has 0 fully saturated rings. The van der Waals surface area contributed by atoms with Gasteiger partial charge in [0.15, 0.2) is 11.6 Å². The molecule has 2 aliphatic rings. The molecular weight excluding hydrogens is 304 g/mol. The molecule has 0 amide bonds. The third-order valence-corrected chi connectivity index (χ3v) is 4.38. The molecular formula is C16H16O7. The zero-order chi connectivity index (χ0) is 17.1. The standard InChI is InChI=1S/C16H16O7/c1-16(22)5-9(18)11-12(15(16)21)13(19)7-3-6(23-2)4-8(17)10(7)14(11)20/h3-4,9,15,17-18,21-22H,5H2,1-2H3/t9-,15?,16+/m0/s1. The van der Waals surface area contributed by atoms with Crippen molar-refractivity contribution in [3.05, 3.63) is 34.4 Å². The molecule has 7 heteroatoms. The molecule has 0 aromatic heterocycles. The summed E-state index contributed by atoms with van der Waals surface area (Å²) in [6.45, 7) is 1.28. The minimum Gasteiger partial charge on any atom is -0.507 e. The highest BCUT2D eigenvalue weighted by Gasteiger charge is 2.50. The molecule has 1 unspecified atom stereocenters. The van der Waals surface area contributed by atoms with Gasteiger partial charge in [0.2, 0.25) is 0 Å². The second-order valence-electron chi connectivity index (χ2n) is 6.03. The SMILES string of the molecule is COc1cc(O)c2c(c1)C(=O)C1=C(C2=O)[C@@H](O)C[C@@](C)(O)C1O. The van der Waals surface area contributed by atoms with E-state index in [1.165, 1.54) is 26.2 Å². The first-order chi connectivity index (χ1) is 10.7. The second-order valence-corrected chi connectivity index (χ2v) is 6.03. The monoisotopic (exact) mass is 320 g/mol. The quantitative estimate of drug-likeness (QED) is 0.572. The molecule has 1 aromatic rings. The van der Waals surface area contributed by atoms with Crippen LogP contribution in [0.4, 0.5) is 0 Å². The number of ketones is 2. The molecule has 0 bridgehead atoms. The fourth-order valence-corrected chi connectivity index (χ4v) is 3.18. The molecule has 7 nitrogen and oxygen atoms in total. The van der Waals surface area contributed by atoms with E-state index in [0.717, 1.165) is 0 Å². The third kappa shape index (κ3) is 2.08. The Labute approximate surface area is 131 Å². The Morgan fingerprint density at radius 2 is 1.83 bits per heavy atom. The molecule has 3 rings (SSSR count). The van der Waals surface area contributed by atoms with Gasteiger partial charge in [-0.25, -0.2) is 0 Å². The fraction of sp³-hybridized carbons (Fsp3) is 0.375. The van der Waals surface area contributed by atoms with Crippen LogP contribution in [0.5, 0.6) is 11.5 Å².